The maximum atomic E-state index is 14.7. The predicted molar refractivity (Wildman–Crippen MR) is 117 cm³/mol. The van der Waals surface area contributed by atoms with E-state index in [9.17, 15) is 13.2 Å². The Labute approximate surface area is 200 Å². The number of rotatable bonds is 3. The fraction of sp³-hybridized carbons (Fsp3) is 0.227. The molecule has 14 heteroatoms. The Morgan fingerprint density at radius 2 is 1.92 bits per heavy atom. The number of hydrogen-bond donors (Lipinski definition) is 2. The first-order chi connectivity index (χ1) is 17.5. The number of carboxylic acid groups (broad SMARTS) is 1. The summed E-state index contributed by atoms with van der Waals surface area (Å²) in [6, 6.07) is 4.33. The molecule has 0 unspecified atom stereocenters. The number of pyridine rings is 1. The van der Waals surface area contributed by atoms with E-state index in [0.29, 0.717) is 46.3 Å². The lowest BCUT2D eigenvalue weighted by Gasteiger charge is -2.16. The highest BCUT2D eigenvalue weighted by atomic mass is 19.3. The van der Waals surface area contributed by atoms with Gasteiger partial charge < -0.3 is 24.6 Å². The zero-order valence-electron chi connectivity index (χ0n) is 18.3. The van der Waals surface area contributed by atoms with Gasteiger partial charge in [0.25, 0.3) is 6.47 Å². The molecule has 5 heterocycles. The molecule has 186 valence electrons. The van der Waals surface area contributed by atoms with Crippen molar-refractivity contribution < 1.29 is 37.3 Å². The Morgan fingerprint density at radius 3 is 2.64 bits per heavy atom. The Balaban J connectivity index is 0.000000848. The largest absolute Gasteiger partial charge is 0.493 e. The summed E-state index contributed by atoms with van der Waals surface area (Å²) >= 11 is 0. The summed E-state index contributed by atoms with van der Waals surface area (Å²) in [4.78, 5) is 16.0. The van der Waals surface area contributed by atoms with Crippen LogP contribution in [0.1, 0.15) is 17.0 Å². The Hall–Kier alpha value is -4.62. The summed E-state index contributed by atoms with van der Waals surface area (Å²) in [7, 11) is 0. The summed E-state index contributed by atoms with van der Waals surface area (Å²) in [5.74, 6) is 1.24. The molecular weight excluding hydrogens is 485 g/mol. The molecule has 0 fully saturated rings. The quantitative estimate of drug-likeness (QED) is 0.403. The minimum absolute atomic E-state index is 0.132. The van der Waals surface area contributed by atoms with Gasteiger partial charge in [-0.05, 0) is 18.2 Å². The molecule has 4 aromatic rings. The number of ether oxygens (including phenoxy) is 3. The van der Waals surface area contributed by atoms with Crippen LogP contribution in [0.3, 0.4) is 0 Å². The van der Waals surface area contributed by atoms with Crippen LogP contribution in [0.4, 0.5) is 19.0 Å². The molecule has 1 aromatic carbocycles. The number of nitrogens with zero attached hydrogens (tertiary/aromatic N) is 5. The molecule has 0 radical (unpaired) electrons. The van der Waals surface area contributed by atoms with Gasteiger partial charge in [-0.3, -0.25) is 9.20 Å². The van der Waals surface area contributed by atoms with Crippen LogP contribution in [0, 0.1) is 5.82 Å². The smallest absolute Gasteiger partial charge is 0.389 e. The average molecular weight is 502 g/mol. The van der Waals surface area contributed by atoms with Crippen LogP contribution in [-0.4, -0.2) is 56.0 Å². The highest BCUT2D eigenvalue weighted by molar-refractivity contribution is 5.81. The maximum Gasteiger partial charge on any atom is 0.389 e. The average Bonchev–Trinajstić information content (AvgIpc) is 3.51. The lowest BCUT2D eigenvalue weighted by molar-refractivity contribution is -0.122. The highest BCUT2D eigenvalue weighted by Gasteiger charge is 2.31. The van der Waals surface area contributed by atoms with E-state index in [1.807, 2.05) is 0 Å². The fourth-order valence-electron chi connectivity index (χ4n) is 4.19. The second-order valence-electron chi connectivity index (χ2n) is 7.64. The number of alkyl halides is 2. The van der Waals surface area contributed by atoms with Gasteiger partial charge >= 0.3 is 12.6 Å². The lowest BCUT2D eigenvalue weighted by Crippen LogP contribution is -2.13. The second-order valence-corrected chi connectivity index (χ2v) is 7.64. The number of carbonyl (C=O) groups is 1. The first-order valence-corrected chi connectivity index (χ1v) is 10.5. The number of hydrogen-bond acceptors (Lipinski definition) is 9. The van der Waals surface area contributed by atoms with Crippen molar-refractivity contribution in [1.29, 1.82) is 0 Å². The van der Waals surface area contributed by atoms with Crippen molar-refractivity contribution in [3.8, 4) is 28.6 Å². The molecular formula is C22H17F3N6O5. The van der Waals surface area contributed by atoms with E-state index in [1.165, 1.54) is 24.8 Å². The van der Waals surface area contributed by atoms with Gasteiger partial charge in [0.1, 0.15) is 17.9 Å². The van der Waals surface area contributed by atoms with E-state index >= 15 is 0 Å². The van der Waals surface area contributed by atoms with Gasteiger partial charge in [0, 0.05) is 41.2 Å². The van der Waals surface area contributed by atoms with Crippen molar-refractivity contribution in [3.05, 3.63) is 53.9 Å². The third-order valence-electron chi connectivity index (χ3n) is 5.65. The van der Waals surface area contributed by atoms with Gasteiger partial charge in [-0.1, -0.05) is 0 Å². The minimum atomic E-state index is -3.02. The SMILES string of the molecule is Fc1ccc2c3c1CNc1c(cc(-c4cnc(OC(F)F)nc4)c4nncn14)OC[C@H]3CO2.O=CO. The van der Waals surface area contributed by atoms with Crippen LogP contribution in [0.15, 0.2) is 36.9 Å². The molecule has 0 saturated heterocycles. The van der Waals surface area contributed by atoms with Crippen LogP contribution in [0.5, 0.6) is 17.5 Å². The topological polar surface area (TPSA) is 133 Å². The number of nitrogens with one attached hydrogen (secondary N) is 1. The zero-order chi connectivity index (χ0) is 25.2. The molecule has 1 atom stereocenters. The predicted octanol–water partition coefficient (Wildman–Crippen LogP) is 3.11. The second kappa shape index (κ2) is 9.56. The number of halogens is 3. The van der Waals surface area contributed by atoms with Crippen LogP contribution < -0.4 is 19.5 Å². The van der Waals surface area contributed by atoms with Crippen molar-refractivity contribution in [1.82, 2.24) is 24.6 Å². The standard InChI is InChI=1S/C21H15F3N6O3.CH2O2/c22-14-1-2-15-17-11(7-31-15)8-32-16-3-12(10-4-26-21(27-5-10)33-20(23)24)18-29-28-9-30(18)19(16)25-6-13(14)17;2-1-3/h1-5,9,11,20,25H,6-8H2;1H,(H,2,3)/t11-;/m1./s1. The fourth-order valence-corrected chi connectivity index (χ4v) is 4.19. The van der Waals surface area contributed by atoms with E-state index in [4.69, 9.17) is 19.4 Å². The molecule has 0 aliphatic carbocycles. The highest BCUT2D eigenvalue weighted by Crippen LogP contribution is 2.41. The molecule has 11 nitrogen and oxygen atoms in total. The van der Waals surface area contributed by atoms with Crippen LogP contribution >= 0.6 is 0 Å². The van der Waals surface area contributed by atoms with Crippen molar-refractivity contribution in [2.75, 3.05) is 18.5 Å². The van der Waals surface area contributed by atoms with Crippen molar-refractivity contribution in [3.63, 3.8) is 0 Å². The Kier molecular flexibility index (Phi) is 6.14. The Morgan fingerprint density at radius 1 is 1.19 bits per heavy atom. The van der Waals surface area contributed by atoms with E-state index in [0.717, 1.165) is 5.56 Å². The lowest BCUT2D eigenvalue weighted by atomic mass is 9.96. The van der Waals surface area contributed by atoms with Crippen LogP contribution in [-0.2, 0) is 11.3 Å². The molecule has 6 rings (SSSR count). The van der Waals surface area contributed by atoms with Crippen LogP contribution in [0.2, 0.25) is 0 Å². The summed E-state index contributed by atoms with van der Waals surface area (Å²) < 4.78 is 57.3. The number of anilines is 1. The summed E-state index contributed by atoms with van der Waals surface area (Å²) in [5, 5.41) is 18.3. The maximum absolute atomic E-state index is 14.7. The zero-order valence-corrected chi connectivity index (χ0v) is 18.3. The number of fused-ring (bicyclic) bond motifs is 3. The van der Waals surface area contributed by atoms with Gasteiger partial charge in [0.15, 0.2) is 17.2 Å². The van der Waals surface area contributed by atoms with Crippen molar-refractivity contribution in [2.45, 2.75) is 19.1 Å². The third-order valence-corrected chi connectivity index (χ3v) is 5.65. The van der Waals surface area contributed by atoms with Gasteiger partial charge in [-0.15, -0.1) is 10.2 Å². The first-order valence-electron chi connectivity index (χ1n) is 10.5. The molecule has 0 amide bonds. The van der Waals surface area contributed by atoms with Crippen molar-refractivity contribution >= 4 is 17.9 Å². The summed E-state index contributed by atoms with van der Waals surface area (Å²) in [6.07, 6.45) is 4.21. The monoisotopic (exact) mass is 502 g/mol. The third kappa shape index (κ3) is 4.16. The first kappa shape index (κ1) is 23.1. The van der Waals surface area contributed by atoms with Crippen LogP contribution in [0.25, 0.3) is 16.8 Å². The molecule has 2 N–H and O–H groups in total. The summed E-state index contributed by atoms with van der Waals surface area (Å²) in [5.41, 5.74) is 2.86. The van der Waals surface area contributed by atoms with Gasteiger partial charge in [0.05, 0.1) is 19.1 Å². The molecule has 0 saturated carbocycles. The van der Waals surface area contributed by atoms with E-state index in [-0.39, 0.29) is 31.4 Å². The number of aromatic nitrogens is 5. The van der Waals surface area contributed by atoms with Crippen molar-refractivity contribution in [2.24, 2.45) is 0 Å². The minimum Gasteiger partial charge on any atom is -0.493 e. The molecule has 36 heavy (non-hydrogen) atoms. The molecule has 0 bridgehead atoms. The molecule has 0 spiro atoms. The number of benzene rings is 1. The van der Waals surface area contributed by atoms with Gasteiger partial charge in [0.2, 0.25) is 0 Å². The summed E-state index contributed by atoms with van der Waals surface area (Å²) in [6.45, 7) is -2.40. The van der Waals surface area contributed by atoms with E-state index in [1.54, 1.807) is 16.5 Å². The normalized spacial score (nSPS) is 15.6. The van der Waals surface area contributed by atoms with E-state index < -0.39 is 12.6 Å². The Bertz CT molecular complexity index is 1420. The molecule has 2 aliphatic rings. The molecule has 3 aromatic heterocycles. The van der Waals surface area contributed by atoms with E-state index in [2.05, 4.69) is 30.2 Å². The molecule has 2 aliphatic heterocycles. The van der Waals surface area contributed by atoms with Gasteiger partial charge in [-0.25, -0.2) is 14.4 Å². The van der Waals surface area contributed by atoms with Gasteiger partial charge in [-0.2, -0.15) is 8.78 Å².